The van der Waals surface area contributed by atoms with Gasteiger partial charge >= 0.3 is 0 Å². The molecule has 0 unspecified atom stereocenters. The van der Waals surface area contributed by atoms with Crippen LogP contribution in [0.5, 0.6) is 0 Å². The number of nitriles is 1. The molecule has 0 saturated carbocycles. The van der Waals surface area contributed by atoms with Crippen molar-refractivity contribution in [3.63, 3.8) is 0 Å². The van der Waals surface area contributed by atoms with Crippen molar-refractivity contribution in [2.24, 2.45) is 0 Å². The maximum atomic E-state index is 8.86. The van der Waals surface area contributed by atoms with Crippen molar-refractivity contribution in [2.75, 3.05) is 17.3 Å². The highest BCUT2D eigenvalue weighted by atomic mass is 15.2. The molecule has 0 atom stereocenters. The molecule has 0 radical (unpaired) electrons. The minimum atomic E-state index is 0.525. The number of hydrogen-bond donors (Lipinski definition) is 1. The Bertz CT molecular complexity index is 867. The van der Waals surface area contributed by atoms with Crippen LogP contribution in [0, 0.1) is 18.3 Å². The zero-order valence-corrected chi connectivity index (χ0v) is 13.6. The van der Waals surface area contributed by atoms with Gasteiger partial charge in [0.1, 0.15) is 5.82 Å². The number of aromatic nitrogens is 2. The average Bonchev–Trinajstić information content (AvgIpc) is 2.62. The highest BCUT2D eigenvalue weighted by Gasteiger charge is 2.09. The number of nitrogens with zero attached hydrogens (tertiary/aromatic N) is 4. The Morgan fingerprint density at radius 3 is 2.38 bits per heavy atom. The molecule has 3 rings (SSSR count). The van der Waals surface area contributed by atoms with E-state index in [-0.39, 0.29) is 0 Å². The van der Waals surface area contributed by atoms with Gasteiger partial charge in [-0.3, -0.25) is 0 Å². The van der Waals surface area contributed by atoms with Gasteiger partial charge in [0.25, 0.3) is 0 Å². The summed E-state index contributed by atoms with van der Waals surface area (Å²) in [6.45, 7) is 1.94. The Balaban J connectivity index is 1.87. The van der Waals surface area contributed by atoms with E-state index >= 15 is 0 Å². The number of anilines is 4. The monoisotopic (exact) mass is 315 g/mol. The van der Waals surface area contributed by atoms with Gasteiger partial charge < -0.3 is 10.2 Å². The molecular weight excluding hydrogens is 298 g/mol. The lowest BCUT2D eigenvalue weighted by molar-refractivity contribution is 1.05. The van der Waals surface area contributed by atoms with E-state index in [2.05, 4.69) is 21.4 Å². The first-order valence-electron chi connectivity index (χ1n) is 7.57. The number of benzene rings is 2. The molecule has 118 valence electrons. The van der Waals surface area contributed by atoms with Gasteiger partial charge in [0, 0.05) is 30.2 Å². The molecule has 0 fully saturated rings. The molecule has 0 aliphatic heterocycles. The van der Waals surface area contributed by atoms with Gasteiger partial charge in [-0.2, -0.15) is 10.2 Å². The minimum absolute atomic E-state index is 0.525. The van der Waals surface area contributed by atoms with Crippen LogP contribution in [-0.2, 0) is 0 Å². The van der Waals surface area contributed by atoms with E-state index in [1.807, 2.05) is 67.4 Å². The van der Waals surface area contributed by atoms with Gasteiger partial charge in [0.2, 0.25) is 5.95 Å². The number of hydrogen-bond acceptors (Lipinski definition) is 5. The van der Waals surface area contributed by atoms with Crippen molar-refractivity contribution in [1.82, 2.24) is 9.97 Å². The van der Waals surface area contributed by atoms with Gasteiger partial charge in [0.05, 0.1) is 11.6 Å². The first kappa shape index (κ1) is 15.5. The summed E-state index contributed by atoms with van der Waals surface area (Å²) in [5.74, 6) is 1.34. The van der Waals surface area contributed by atoms with Crippen molar-refractivity contribution in [2.45, 2.75) is 6.92 Å². The average molecular weight is 315 g/mol. The maximum Gasteiger partial charge on any atom is 0.229 e. The first-order chi connectivity index (χ1) is 11.7. The summed E-state index contributed by atoms with van der Waals surface area (Å²) < 4.78 is 0. The summed E-state index contributed by atoms with van der Waals surface area (Å²) in [7, 11) is 1.97. The highest BCUT2D eigenvalue weighted by Crippen LogP contribution is 2.23. The largest absolute Gasteiger partial charge is 0.329 e. The second kappa shape index (κ2) is 6.80. The molecule has 0 spiro atoms. The van der Waals surface area contributed by atoms with E-state index in [9.17, 15) is 0 Å². The molecule has 5 nitrogen and oxygen atoms in total. The van der Waals surface area contributed by atoms with Crippen LogP contribution in [0.3, 0.4) is 0 Å². The second-order valence-corrected chi connectivity index (χ2v) is 5.40. The zero-order chi connectivity index (χ0) is 16.9. The molecule has 3 aromatic rings. The lowest BCUT2D eigenvalue weighted by atomic mass is 10.2. The fraction of sp³-hybridized carbons (Fsp3) is 0.105. The molecule has 0 amide bonds. The van der Waals surface area contributed by atoms with E-state index in [1.54, 1.807) is 12.1 Å². The number of nitrogens with one attached hydrogen (secondary N) is 1. The molecule has 1 aromatic heterocycles. The Morgan fingerprint density at radius 1 is 1.00 bits per heavy atom. The van der Waals surface area contributed by atoms with E-state index in [4.69, 9.17) is 5.26 Å². The lowest BCUT2D eigenvalue weighted by Gasteiger charge is -2.19. The Kier molecular flexibility index (Phi) is 4.39. The summed E-state index contributed by atoms with van der Waals surface area (Å²) in [5, 5.41) is 12.0. The summed E-state index contributed by atoms with van der Waals surface area (Å²) in [4.78, 5) is 11.0. The van der Waals surface area contributed by atoms with Crippen LogP contribution in [0.1, 0.15) is 11.3 Å². The number of rotatable bonds is 4. The number of para-hydroxylation sites is 1. The normalized spacial score (nSPS) is 10.0. The molecule has 5 heteroatoms. The van der Waals surface area contributed by atoms with E-state index in [0.29, 0.717) is 11.5 Å². The predicted octanol–water partition coefficient (Wildman–Crippen LogP) is 4.17. The summed E-state index contributed by atoms with van der Waals surface area (Å²) in [5.41, 5.74) is 3.39. The van der Waals surface area contributed by atoms with E-state index in [0.717, 1.165) is 22.9 Å². The van der Waals surface area contributed by atoms with Crippen LogP contribution in [0.2, 0.25) is 0 Å². The molecular formula is C19H17N5. The van der Waals surface area contributed by atoms with Gasteiger partial charge in [-0.25, -0.2) is 4.98 Å². The Labute approximate surface area is 141 Å². The van der Waals surface area contributed by atoms with Gasteiger partial charge in [0.15, 0.2) is 0 Å². The lowest BCUT2D eigenvalue weighted by Crippen LogP contribution is -2.13. The molecule has 1 heterocycles. The predicted molar refractivity (Wildman–Crippen MR) is 95.7 cm³/mol. The van der Waals surface area contributed by atoms with Crippen molar-refractivity contribution < 1.29 is 0 Å². The van der Waals surface area contributed by atoms with Crippen molar-refractivity contribution >= 4 is 23.1 Å². The molecule has 0 aliphatic rings. The second-order valence-electron chi connectivity index (χ2n) is 5.40. The quantitative estimate of drug-likeness (QED) is 0.783. The van der Waals surface area contributed by atoms with Crippen LogP contribution in [0.4, 0.5) is 23.1 Å². The van der Waals surface area contributed by atoms with Crippen LogP contribution >= 0.6 is 0 Å². The molecule has 0 aliphatic carbocycles. The molecule has 0 bridgehead atoms. The summed E-state index contributed by atoms with van der Waals surface area (Å²) in [6, 6.07) is 21.3. The van der Waals surface area contributed by atoms with Crippen molar-refractivity contribution in [3.05, 3.63) is 71.9 Å². The standard InChI is InChI=1S/C19H17N5/c1-14-12-18(24(2)17-6-4-3-5-7-17)23-19(21-14)22-16-10-8-15(13-20)9-11-16/h3-12H,1-2H3,(H,21,22,23). The topological polar surface area (TPSA) is 64.8 Å². The third kappa shape index (κ3) is 3.50. The van der Waals surface area contributed by atoms with Crippen LogP contribution < -0.4 is 10.2 Å². The van der Waals surface area contributed by atoms with Crippen molar-refractivity contribution in [3.8, 4) is 6.07 Å². The van der Waals surface area contributed by atoms with E-state index in [1.165, 1.54) is 0 Å². The van der Waals surface area contributed by atoms with Crippen molar-refractivity contribution in [1.29, 1.82) is 5.26 Å². The fourth-order valence-electron chi connectivity index (χ4n) is 2.32. The van der Waals surface area contributed by atoms with Gasteiger partial charge in [-0.1, -0.05) is 18.2 Å². The molecule has 2 aromatic carbocycles. The third-order valence-electron chi connectivity index (χ3n) is 3.60. The summed E-state index contributed by atoms with van der Waals surface area (Å²) in [6.07, 6.45) is 0. The first-order valence-corrected chi connectivity index (χ1v) is 7.57. The zero-order valence-electron chi connectivity index (χ0n) is 13.6. The Hall–Kier alpha value is -3.39. The maximum absolute atomic E-state index is 8.86. The van der Waals surface area contributed by atoms with Gasteiger partial charge in [-0.05, 0) is 43.3 Å². The molecule has 1 N–H and O–H groups in total. The molecule has 24 heavy (non-hydrogen) atoms. The smallest absolute Gasteiger partial charge is 0.229 e. The summed E-state index contributed by atoms with van der Waals surface area (Å²) >= 11 is 0. The van der Waals surface area contributed by atoms with E-state index < -0.39 is 0 Å². The fourth-order valence-corrected chi connectivity index (χ4v) is 2.32. The van der Waals surface area contributed by atoms with Crippen LogP contribution in [-0.4, -0.2) is 17.0 Å². The molecule has 0 saturated heterocycles. The number of aryl methyl sites for hydroxylation is 1. The van der Waals surface area contributed by atoms with Gasteiger partial charge in [-0.15, -0.1) is 0 Å². The highest BCUT2D eigenvalue weighted by molar-refractivity contribution is 5.62. The van der Waals surface area contributed by atoms with Crippen LogP contribution in [0.25, 0.3) is 0 Å². The van der Waals surface area contributed by atoms with Crippen LogP contribution in [0.15, 0.2) is 60.7 Å². The minimum Gasteiger partial charge on any atom is -0.329 e. The Morgan fingerprint density at radius 2 is 1.71 bits per heavy atom. The SMILES string of the molecule is Cc1cc(N(C)c2ccccc2)nc(Nc2ccc(C#N)cc2)n1. The third-order valence-corrected chi connectivity index (χ3v) is 3.60.